The number of anilines is 3. The molecule has 0 fully saturated rings. The molecule has 0 spiro atoms. The van der Waals surface area contributed by atoms with Gasteiger partial charge in [-0.25, -0.2) is 0 Å². The molecule has 108 valence electrons. The monoisotopic (exact) mass is 346 g/mol. The van der Waals surface area contributed by atoms with Gasteiger partial charge in [-0.3, -0.25) is 5.10 Å². The van der Waals surface area contributed by atoms with Crippen molar-refractivity contribution in [3.05, 3.63) is 34.4 Å². The lowest BCUT2D eigenvalue weighted by atomic mass is 10.2. The number of fused-ring (bicyclic) bond motifs is 1. The van der Waals surface area contributed by atoms with E-state index in [9.17, 15) is 0 Å². The number of hydrogen-bond donors (Lipinski definition) is 3. The van der Waals surface area contributed by atoms with Crippen LogP contribution in [0, 0.1) is 6.92 Å². The summed E-state index contributed by atoms with van der Waals surface area (Å²) in [6.07, 6.45) is 1.72. The third kappa shape index (κ3) is 2.82. The van der Waals surface area contributed by atoms with Crippen LogP contribution >= 0.6 is 15.9 Å². The Hall–Kier alpha value is -2.15. The zero-order valence-corrected chi connectivity index (χ0v) is 13.3. The van der Waals surface area contributed by atoms with Crippen molar-refractivity contribution < 1.29 is 0 Å². The van der Waals surface area contributed by atoms with E-state index in [1.165, 1.54) is 0 Å². The highest BCUT2D eigenvalue weighted by Gasteiger charge is 2.10. The highest BCUT2D eigenvalue weighted by molar-refractivity contribution is 9.10. The van der Waals surface area contributed by atoms with E-state index < -0.39 is 0 Å². The van der Waals surface area contributed by atoms with E-state index in [-0.39, 0.29) is 0 Å². The summed E-state index contributed by atoms with van der Waals surface area (Å²) in [5.74, 6) is 1.31. The zero-order chi connectivity index (χ0) is 14.8. The molecule has 3 N–H and O–H groups in total. The minimum atomic E-state index is 0.575. The van der Waals surface area contributed by atoms with Gasteiger partial charge in [-0.1, -0.05) is 15.9 Å². The summed E-state index contributed by atoms with van der Waals surface area (Å²) in [5.41, 5.74) is 2.84. The van der Waals surface area contributed by atoms with E-state index in [2.05, 4.69) is 52.8 Å². The van der Waals surface area contributed by atoms with Gasteiger partial charge in [0.15, 0.2) is 5.65 Å². The Balaban J connectivity index is 2.04. The van der Waals surface area contributed by atoms with Gasteiger partial charge in [0.25, 0.3) is 0 Å². The molecule has 0 saturated carbocycles. The maximum atomic E-state index is 4.52. The standard InChI is InChI=1S/C14H15BrN6/c1-3-16-14-19-12(10-7-17-21-13(10)20-14)18-11-5-4-9(15)6-8(11)2/h4-7H,3H2,1-2H3,(H3,16,17,18,19,20,21). The zero-order valence-electron chi connectivity index (χ0n) is 11.7. The van der Waals surface area contributed by atoms with Gasteiger partial charge < -0.3 is 10.6 Å². The van der Waals surface area contributed by atoms with Crippen LogP contribution in [-0.2, 0) is 0 Å². The lowest BCUT2D eigenvalue weighted by Crippen LogP contribution is -2.05. The number of nitrogens with zero attached hydrogens (tertiary/aromatic N) is 3. The summed E-state index contributed by atoms with van der Waals surface area (Å²) in [6.45, 7) is 4.81. The van der Waals surface area contributed by atoms with E-state index in [4.69, 9.17) is 0 Å². The minimum Gasteiger partial charge on any atom is -0.354 e. The van der Waals surface area contributed by atoms with E-state index in [0.717, 1.165) is 33.5 Å². The van der Waals surface area contributed by atoms with Crippen molar-refractivity contribution in [2.75, 3.05) is 17.2 Å². The first-order valence-electron chi connectivity index (χ1n) is 6.65. The van der Waals surface area contributed by atoms with Crippen molar-refractivity contribution in [3.8, 4) is 0 Å². The third-order valence-corrected chi connectivity index (χ3v) is 3.58. The summed E-state index contributed by atoms with van der Waals surface area (Å²) in [4.78, 5) is 8.89. The molecule has 0 saturated heterocycles. The number of rotatable bonds is 4. The third-order valence-electron chi connectivity index (χ3n) is 3.09. The number of aromatic nitrogens is 4. The van der Waals surface area contributed by atoms with Crippen LogP contribution in [0.2, 0.25) is 0 Å². The van der Waals surface area contributed by atoms with Crippen molar-refractivity contribution in [3.63, 3.8) is 0 Å². The van der Waals surface area contributed by atoms with Crippen LogP contribution < -0.4 is 10.6 Å². The summed E-state index contributed by atoms with van der Waals surface area (Å²) in [5, 5.41) is 14.3. The molecule has 2 heterocycles. The number of halogens is 1. The van der Waals surface area contributed by atoms with E-state index in [1.807, 2.05) is 26.0 Å². The largest absolute Gasteiger partial charge is 0.354 e. The first-order valence-corrected chi connectivity index (χ1v) is 7.45. The number of benzene rings is 1. The second kappa shape index (κ2) is 5.69. The van der Waals surface area contributed by atoms with Gasteiger partial charge in [-0.15, -0.1) is 0 Å². The molecule has 0 radical (unpaired) electrons. The van der Waals surface area contributed by atoms with Gasteiger partial charge >= 0.3 is 0 Å². The predicted molar refractivity (Wildman–Crippen MR) is 88.0 cm³/mol. The Bertz CT molecular complexity index is 782. The molecule has 0 bridgehead atoms. The highest BCUT2D eigenvalue weighted by Crippen LogP contribution is 2.27. The Morgan fingerprint density at radius 3 is 2.90 bits per heavy atom. The Morgan fingerprint density at radius 1 is 1.29 bits per heavy atom. The van der Waals surface area contributed by atoms with Gasteiger partial charge in [-0.2, -0.15) is 15.1 Å². The van der Waals surface area contributed by atoms with Crippen molar-refractivity contribution in [1.82, 2.24) is 20.2 Å². The summed E-state index contributed by atoms with van der Waals surface area (Å²) >= 11 is 3.47. The lowest BCUT2D eigenvalue weighted by Gasteiger charge is -2.11. The van der Waals surface area contributed by atoms with Crippen LogP contribution in [0.25, 0.3) is 11.0 Å². The molecule has 7 heteroatoms. The van der Waals surface area contributed by atoms with Crippen molar-refractivity contribution in [2.24, 2.45) is 0 Å². The quantitative estimate of drug-likeness (QED) is 0.672. The van der Waals surface area contributed by atoms with Crippen LogP contribution in [0.3, 0.4) is 0 Å². The Morgan fingerprint density at radius 2 is 2.14 bits per heavy atom. The first kappa shape index (κ1) is 13.8. The minimum absolute atomic E-state index is 0.575. The second-order valence-electron chi connectivity index (χ2n) is 4.64. The average Bonchev–Trinajstić information content (AvgIpc) is 2.91. The molecule has 3 aromatic rings. The molecule has 1 aromatic carbocycles. The smallest absolute Gasteiger partial charge is 0.226 e. The molecular weight excluding hydrogens is 332 g/mol. The highest BCUT2D eigenvalue weighted by atomic mass is 79.9. The molecule has 0 aliphatic rings. The first-order chi connectivity index (χ1) is 10.2. The van der Waals surface area contributed by atoms with E-state index >= 15 is 0 Å². The van der Waals surface area contributed by atoms with Crippen molar-refractivity contribution >= 4 is 44.4 Å². The fraction of sp³-hybridized carbons (Fsp3) is 0.214. The molecule has 0 aliphatic carbocycles. The van der Waals surface area contributed by atoms with Crippen LogP contribution in [0.1, 0.15) is 12.5 Å². The normalized spacial score (nSPS) is 10.8. The molecule has 0 unspecified atom stereocenters. The molecule has 0 aliphatic heterocycles. The molecule has 21 heavy (non-hydrogen) atoms. The van der Waals surface area contributed by atoms with Crippen LogP contribution in [0.5, 0.6) is 0 Å². The van der Waals surface area contributed by atoms with Crippen LogP contribution in [-0.4, -0.2) is 26.7 Å². The number of aromatic amines is 1. The van der Waals surface area contributed by atoms with Gasteiger partial charge in [0.05, 0.1) is 11.6 Å². The molecule has 6 nitrogen and oxygen atoms in total. The van der Waals surface area contributed by atoms with Gasteiger partial charge in [0.2, 0.25) is 5.95 Å². The summed E-state index contributed by atoms with van der Waals surface area (Å²) < 4.78 is 1.05. The number of aryl methyl sites for hydroxylation is 1. The molecular formula is C14H15BrN6. The average molecular weight is 347 g/mol. The summed E-state index contributed by atoms with van der Waals surface area (Å²) in [6, 6.07) is 6.07. The van der Waals surface area contributed by atoms with E-state index in [1.54, 1.807) is 6.20 Å². The predicted octanol–water partition coefficient (Wildman–Crippen LogP) is 3.60. The van der Waals surface area contributed by atoms with Crippen LogP contribution in [0.4, 0.5) is 17.5 Å². The van der Waals surface area contributed by atoms with Crippen molar-refractivity contribution in [2.45, 2.75) is 13.8 Å². The fourth-order valence-electron chi connectivity index (χ4n) is 2.06. The Labute approximate surface area is 130 Å². The van der Waals surface area contributed by atoms with Crippen LogP contribution in [0.15, 0.2) is 28.9 Å². The van der Waals surface area contributed by atoms with Crippen molar-refractivity contribution in [1.29, 1.82) is 0 Å². The molecule has 2 aromatic heterocycles. The van der Waals surface area contributed by atoms with Gasteiger partial charge in [-0.05, 0) is 37.6 Å². The number of nitrogens with one attached hydrogen (secondary N) is 3. The maximum Gasteiger partial charge on any atom is 0.226 e. The SMILES string of the molecule is CCNc1nc(Nc2ccc(Br)cc2C)c2cn[nH]c2n1. The second-order valence-corrected chi connectivity index (χ2v) is 5.56. The fourth-order valence-corrected chi connectivity index (χ4v) is 2.54. The molecule has 0 atom stereocenters. The van der Waals surface area contributed by atoms with E-state index in [0.29, 0.717) is 11.6 Å². The number of hydrogen-bond acceptors (Lipinski definition) is 5. The number of H-pyrrole nitrogens is 1. The Kier molecular flexibility index (Phi) is 3.74. The molecule has 3 rings (SSSR count). The topological polar surface area (TPSA) is 78.5 Å². The summed E-state index contributed by atoms with van der Waals surface area (Å²) in [7, 11) is 0. The maximum absolute atomic E-state index is 4.52. The molecule has 0 amide bonds. The lowest BCUT2D eigenvalue weighted by molar-refractivity contribution is 1.07. The van der Waals surface area contributed by atoms with Gasteiger partial charge in [0.1, 0.15) is 5.82 Å². The van der Waals surface area contributed by atoms with Gasteiger partial charge in [0, 0.05) is 16.7 Å².